The lowest BCUT2D eigenvalue weighted by atomic mass is 10.1. The highest BCUT2D eigenvalue weighted by atomic mass is 16.3. The highest BCUT2D eigenvalue weighted by Crippen LogP contribution is 2.10. The van der Waals surface area contributed by atoms with Gasteiger partial charge in [-0.15, -0.1) is 0 Å². The number of carbonyl (C=O) groups is 1. The van der Waals surface area contributed by atoms with E-state index in [1.165, 1.54) is 25.3 Å². The molecule has 0 aliphatic heterocycles. The van der Waals surface area contributed by atoms with Crippen molar-refractivity contribution in [3.8, 4) is 5.75 Å². The zero-order valence-electron chi connectivity index (χ0n) is 12.6. The lowest BCUT2D eigenvalue weighted by Gasteiger charge is -2.02. The van der Waals surface area contributed by atoms with E-state index in [4.69, 9.17) is 10.8 Å². The maximum atomic E-state index is 11.6. The maximum Gasteiger partial charge on any atom is 0.243 e. The fourth-order valence-electron chi connectivity index (χ4n) is 2.00. The summed E-state index contributed by atoms with van der Waals surface area (Å²) in [5.74, 6) is 0.147. The first-order valence-corrected chi connectivity index (χ1v) is 7.67. The maximum absolute atomic E-state index is 11.6. The van der Waals surface area contributed by atoms with Gasteiger partial charge >= 0.3 is 0 Å². The summed E-state index contributed by atoms with van der Waals surface area (Å²) < 4.78 is 0. The Bertz CT molecular complexity index is 427. The minimum absolute atomic E-state index is 0.0776. The average molecular weight is 290 g/mol. The number of nitrogens with two attached hydrogens (primary N) is 1. The Morgan fingerprint density at radius 3 is 2.33 bits per heavy atom. The van der Waals surface area contributed by atoms with Gasteiger partial charge in [0.2, 0.25) is 5.91 Å². The van der Waals surface area contributed by atoms with Crippen LogP contribution in [0.1, 0.15) is 44.1 Å². The molecule has 1 amide bonds. The number of benzene rings is 1. The van der Waals surface area contributed by atoms with Crippen molar-refractivity contribution >= 4 is 12.0 Å². The largest absolute Gasteiger partial charge is 0.508 e. The van der Waals surface area contributed by atoms with Crippen LogP contribution in [0.15, 0.2) is 30.3 Å². The van der Waals surface area contributed by atoms with Crippen molar-refractivity contribution in [3.63, 3.8) is 0 Å². The quantitative estimate of drug-likeness (QED) is 0.458. The predicted octanol–water partition coefficient (Wildman–Crippen LogP) is 2.82. The molecular formula is C17H26N2O2. The van der Waals surface area contributed by atoms with E-state index in [1.807, 2.05) is 0 Å². The number of hydrogen-bond acceptors (Lipinski definition) is 3. The van der Waals surface area contributed by atoms with Gasteiger partial charge < -0.3 is 16.2 Å². The van der Waals surface area contributed by atoms with Crippen LogP contribution in [0, 0.1) is 0 Å². The molecule has 0 saturated carbocycles. The minimum atomic E-state index is -0.0776. The van der Waals surface area contributed by atoms with E-state index >= 15 is 0 Å². The number of unbranched alkanes of at least 4 members (excludes halogenated alkanes) is 5. The normalized spacial score (nSPS) is 10.9. The molecule has 0 heterocycles. The van der Waals surface area contributed by atoms with Gasteiger partial charge in [0.25, 0.3) is 0 Å². The van der Waals surface area contributed by atoms with Gasteiger partial charge in [0.05, 0.1) is 0 Å². The smallest absolute Gasteiger partial charge is 0.243 e. The monoisotopic (exact) mass is 290 g/mol. The standard InChI is InChI=1S/C17H26N2O2/c18-13-5-3-1-2-4-6-14-19-17(21)12-9-15-7-10-16(20)11-8-15/h7-12,20H,1-6,13-14,18H2,(H,19,21)/b12-9+. The van der Waals surface area contributed by atoms with Gasteiger partial charge in [-0.25, -0.2) is 0 Å². The molecular weight excluding hydrogens is 264 g/mol. The molecule has 21 heavy (non-hydrogen) atoms. The van der Waals surface area contributed by atoms with Crippen molar-refractivity contribution in [2.75, 3.05) is 13.1 Å². The Balaban J connectivity index is 2.07. The van der Waals surface area contributed by atoms with Crippen molar-refractivity contribution in [2.24, 2.45) is 5.73 Å². The highest BCUT2D eigenvalue weighted by molar-refractivity contribution is 5.91. The van der Waals surface area contributed by atoms with Crippen LogP contribution in [0.2, 0.25) is 0 Å². The molecule has 4 N–H and O–H groups in total. The molecule has 4 nitrogen and oxygen atoms in total. The third kappa shape index (κ3) is 8.87. The fourth-order valence-corrected chi connectivity index (χ4v) is 2.00. The zero-order chi connectivity index (χ0) is 15.3. The Morgan fingerprint density at radius 1 is 1.05 bits per heavy atom. The summed E-state index contributed by atoms with van der Waals surface area (Å²) in [6.45, 7) is 1.50. The van der Waals surface area contributed by atoms with Gasteiger partial charge in [0.15, 0.2) is 0 Å². The SMILES string of the molecule is NCCCCCCCCNC(=O)/C=C/c1ccc(O)cc1. The van der Waals surface area contributed by atoms with Crippen LogP contribution >= 0.6 is 0 Å². The first kappa shape index (κ1) is 17.2. The molecule has 116 valence electrons. The molecule has 0 aromatic heterocycles. The number of rotatable bonds is 10. The van der Waals surface area contributed by atoms with Crippen molar-refractivity contribution in [3.05, 3.63) is 35.9 Å². The van der Waals surface area contributed by atoms with Crippen LogP contribution in [0.3, 0.4) is 0 Å². The number of carbonyl (C=O) groups excluding carboxylic acids is 1. The predicted molar refractivity (Wildman–Crippen MR) is 86.9 cm³/mol. The summed E-state index contributed by atoms with van der Waals surface area (Å²) in [7, 11) is 0. The molecule has 0 bridgehead atoms. The van der Waals surface area contributed by atoms with Crippen molar-refractivity contribution in [2.45, 2.75) is 38.5 Å². The van der Waals surface area contributed by atoms with Gasteiger partial charge in [0, 0.05) is 12.6 Å². The van der Waals surface area contributed by atoms with E-state index in [2.05, 4.69) is 5.32 Å². The summed E-state index contributed by atoms with van der Waals surface area (Å²) in [5.41, 5.74) is 6.33. The Kier molecular flexibility index (Phi) is 8.96. The van der Waals surface area contributed by atoms with E-state index in [1.54, 1.807) is 30.3 Å². The van der Waals surface area contributed by atoms with E-state index in [9.17, 15) is 4.79 Å². The molecule has 0 aliphatic carbocycles. The fraction of sp³-hybridized carbons (Fsp3) is 0.471. The molecule has 0 spiro atoms. The Morgan fingerprint density at radius 2 is 1.67 bits per heavy atom. The van der Waals surface area contributed by atoms with Crippen LogP contribution in [0.25, 0.3) is 6.08 Å². The van der Waals surface area contributed by atoms with Crippen molar-refractivity contribution < 1.29 is 9.90 Å². The van der Waals surface area contributed by atoms with Gasteiger partial charge in [0.1, 0.15) is 5.75 Å². The van der Waals surface area contributed by atoms with Crippen LogP contribution in [0.5, 0.6) is 5.75 Å². The molecule has 0 saturated heterocycles. The minimum Gasteiger partial charge on any atom is -0.508 e. The van der Waals surface area contributed by atoms with Gasteiger partial charge in [-0.2, -0.15) is 0 Å². The van der Waals surface area contributed by atoms with Gasteiger partial charge in [-0.1, -0.05) is 37.8 Å². The Hall–Kier alpha value is -1.81. The zero-order valence-corrected chi connectivity index (χ0v) is 12.6. The summed E-state index contributed by atoms with van der Waals surface area (Å²) >= 11 is 0. The third-order valence-corrected chi connectivity index (χ3v) is 3.25. The molecule has 0 unspecified atom stereocenters. The molecule has 4 heteroatoms. The molecule has 1 rings (SSSR count). The number of amides is 1. The first-order valence-electron chi connectivity index (χ1n) is 7.67. The number of aromatic hydroxyl groups is 1. The lowest BCUT2D eigenvalue weighted by molar-refractivity contribution is -0.116. The van der Waals surface area contributed by atoms with Crippen LogP contribution in [0.4, 0.5) is 0 Å². The molecule has 0 atom stereocenters. The second-order valence-corrected chi connectivity index (χ2v) is 5.13. The molecule has 1 aromatic rings. The summed E-state index contributed by atoms with van der Waals surface area (Å²) in [4.78, 5) is 11.6. The molecule has 0 aliphatic rings. The van der Waals surface area contributed by atoms with Crippen LogP contribution in [-0.4, -0.2) is 24.1 Å². The third-order valence-electron chi connectivity index (χ3n) is 3.25. The van der Waals surface area contributed by atoms with E-state index in [0.29, 0.717) is 0 Å². The number of phenolic OH excluding ortho intramolecular Hbond substituents is 1. The summed E-state index contributed by atoms with van der Waals surface area (Å²) in [5, 5.41) is 12.0. The van der Waals surface area contributed by atoms with Crippen molar-refractivity contribution in [1.29, 1.82) is 0 Å². The summed E-state index contributed by atoms with van der Waals surface area (Å²) in [6.07, 6.45) is 10.2. The molecule has 1 aromatic carbocycles. The lowest BCUT2D eigenvalue weighted by Crippen LogP contribution is -2.21. The van der Waals surface area contributed by atoms with Crippen LogP contribution in [-0.2, 0) is 4.79 Å². The summed E-state index contributed by atoms with van der Waals surface area (Å²) in [6, 6.07) is 6.73. The van der Waals surface area contributed by atoms with Gasteiger partial charge in [-0.3, -0.25) is 4.79 Å². The Labute approximate surface area is 127 Å². The van der Waals surface area contributed by atoms with Crippen LogP contribution < -0.4 is 11.1 Å². The number of phenols is 1. The topological polar surface area (TPSA) is 75.3 Å². The van der Waals surface area contributed by atoms with E-state index in [-0.39, 0.29) is 11.7 Å². The van der Waals surface area contributed by atoms with E-state index in [0.717, 1.165) is 37.9 Å². The second kappa shape index (κ2) is 10.9. The first-order chi connectivity index (χ1) is 10.2. The highest BCUT2D eigenvalue weighted by Gasteiger charge is 1.96. The van der Waals surface area contributed by atoms with Gasteiger partial charge in [-0.05, 0) is 43.2 Å². The molecule has 0 radical (unpaired) electrons. The number of nitrogens with one attached hydrogen (secondary N) is 1. The second-order valence-electron chi connectivity index (χ2n) is 5.13. The van der Waals surface area contributed by atoms with Crippen molar-refractivity contribution in [1.82, 2.24) is 5.32 Å². The molecule has 0 fully saturated rings. The number of hydrogen-bond donors (Lipinski definition) is 3. The average Bonchev–Trinajstić information content (AvgIpc) is 2.49. The van der Waals surface area contributed by atoms with E-state index < -0.39 is 0 Å².